The van der Waals surface area contributed by atoms with Crippen LogP contribution in [0.3, 0.4) is 0 Å². The first-order valence-corrected chi connectivity index (χ1v) is 4.60. The predicted octanol–water partition coefficient (Wildman–Crippen LogP) is 1.00. The van der Waals surface area contributed by atoms with Gasteiger partial charge in [0.2, 0.25) is 0 Å². The van der Waals surface area contributed by atoms with Crippen molar-refractivity contribution in [1.29, 1.82) is 0 Å². The van der Waals surface area contributed by atoms with Gasteiger partial charge in [-0.2, -0.15) is 0 Å². The third kappa shape index (κ3) is 2.46. The summed E-state index contributed by atoms with van der Waals surface area (Å²) in [7, 11) is 0. The Hall–Kier alpha value is -0.0800. The standard InChI is InChI=1S/C9H19NO/c1-7(2)9(11)8-3-5-10-6-4-8/h7-11H,3-6H2,1-2H3/t9-/m1/s1. The maximum atomic E-state index is 9.72. The molecule has 1 atom stereocenters. The van der Waals surface area contributed by atoms with E-state index >= 15 is 0 Å². The van der Waals surface area contributed by atoms with Gasteiger partial charge >= 0.3 is 0 Å². The van der Waals surface area contributed by atoms with Gasteiger partial charge in [0, 0.05) is 0 Å². The van der Waals surface area contributed by atoms with E-state index in [1.807, 2.05) is 0 Å². The second-order valence-corrected chi connectivity index (χ2v) is 3.82. The first-order chi connectivity index (χ1) is 5.22. The van der Waals surface area contributed by atoms with Gasteiger partial charge in [0.25, 0.3) is 0 Å². The van der Waals surface area contributed by atoms with Crippen LogP contribution in [0.1, 0.15) is 26.7 Å². The maximum Gasteiger partial charge on any atom is 0.0592 e. The van der Waals surface area contributed by atoms with Gasteiger partial charge in [-0.1, -0.05) is 13.8 Å². The molecule has 1 fully saturated rings. The Kier molecular flexibility index (Phi) is 3.34. The van der Waals surface area contributed by atoms with E-state index in [-0.39, 0.29) is 6.10 Å². The predicted molar refractivity (Wildman–Crippen MR) is 46.4 cm³/mol. The second kappa shape index (κ2) is 4.07. The summed E-state index contributed by atoms with van der Waals surface area (Å²) < 4.78 is 0. The number of hydrogen-bond donors (Lipinski definition) is 2. The highest BCUT2D eigenvalue weighted by Crippen LogP contribution is 2.21. The number of aliphatic hydroxyl groups is 1. The van der Waals surface area contributed by atoms with Crippen molar-refractivity contribution in [2.24, 2.45) is 11.8 Å². The van der Waals surface area contributed by atoms with E-state index in [2.05, 4.69) is 19.2 Å². The summed E-state index contributed by atoms with van der Waals surface area (Å²) in [6.45, 7) is 6.34. The van der Waals surface area contributed by atoms with Crippen LogP contribution >= 0.6 is 0 Å². The third-order valence-electron chi connectivity index (χ3n) is 2.55. The Morgan fingerprint density at radius 2 is 1.82 bits per heavy atom. The Bertz CT molecular complexity index is 108. The third-order valence-corrected chi connectivity index (χ3v) is 2.55. The summed E-state index contributed by atoms with van der Waals surface area (Å²) in [4.78, 5) is 0. The maximum absolute atomic E-state index is 9.72. The van der Waals surface area contributed by atoms with Gasteiger partial charge in [0.15, 0.2) is 0 Å². The highest BCUT2D eigenvalue weighted by molar-refractivity contribution is 4.76. The van der Waals surface area contributed by atoms with Crippen molar-refractivity contribution in [1.82, 2.24) is 5.32 Å². The van der Waals surface area contributed by atoms with Crippen molar-refractivity contribution < 1.29 is 5.11 Å². The molecule has 0 aromatic heterocycles. The zero-order valence-electron chi connectivity index (χ0n) is 7.51. The van der Waals surface area contributed by atoms with Crippen molar-refractivity contribution >= 4 is 0 Å². The van der Waals surface area contributed by atoms with Crippen LogP contribution in [0.25, 0.3) is 0 Å². The molecule has 0 saturated carbocycles. The summed E-state index contributed by atoms with van der Waals surface area (Å²) in [6.07, 6.45) is 2.19. The molecule has 66 valence electrons. The fourth-order valence-corrected chi connectivity index (χ4v) is 1.73. The second-order valence-electron chi connectivity index (χ2n) is 3.82. The summed E-state index contributed by atoms with van der Waals surface area (Å²) in [5.74, 6) is 0.953. The van der Waals surface area contributed by atoms with E-state index in [9.17, 15) is 5.11 Å². The van der Waals surface area contributed by atoms with Crippen LogP contribution in [0.5, 0.6) is 0 Å². The monoisotopic (exact) mass is 157 g/mol. The van der Waals surface area contributed by atoms with Crippen LogP contribution in [0.4, 0.5) is 0 Å². The number of hydrogen-bond acceptors (Lipinski definition) is 2. The molecule has 1 aliphatic rings. The molecule has 0 unspecified atom stereocenters. The van der Waals surface area contributed by atoms with Crippen LogP contribution in [-0.2, 0) is 0 Å². The number of rotatable bonds is 2. The Balaban J connectivity index is 2.32. The molecule has 1 saturated heterocycles. The Morgan fingerprint density at radius 1 is 1.27 bits per heavy atom. The highest BCUT2D eigenvalue weighted by Gasteiger charge is 2.23. The van der Waals surface area contributed by atoms with E-state index in [1.165, 1.54) is 0 Å². The van der Waals surface area contributed by atoms with Gasteiger partial charge in [-0.15, -0.1) is 0 Å². The lowest BCUT2D eigenvalue weighted by Gasteiger charge is -2.29. The van der Waals surface area contributed by atoms with E-state index < -0.39 is 0 Å². The molecule has 2 nitrogen and oxygen atoms in total. The van der Waals surface area contributed by atoms with Gasteiger partial charge in [-0.25, -0.2) is 0 Å². The molecule has 2 heteroatoms. The van der Waals surface area contributed by atoms with Gasteiger partial charge in [-0.05, 0) is 37.8 Å². The van der Waals surface area contributed by atoms with E-state index in [1.54, 1.807) is 0 Å². The van der Waals surface area contributed by atoms with Crippen LogP contribution in [0, 0.1) is 11.8 Å². The highest BCUT2D eigenvalue weighted by atomic mass is 16.3. The molecule has 1 heterocycles. The van der Waals surface area contributed by atoms with E-state index in [4.69, 9.17) is 0 Å². The SMILES string of the molecule is CC(C)[C@@H](O)C1CCNCC1. The summed E-state index contributed by atoms with van der Waals surface area (Å²) in [5.41, 5.74) is 0. The average molecular weight is 157 g/mol. The van der Waals surface area contributed by atoms with Gasteiger partial charge in [0.1, 0.15) is 0 Å². The molecule has 0 aromatic rings. The minimum atomic E-state index is -0.0860. The van der Waals surface area contributed by atoms with Crippen LogP contribution in [0.15, 0.2) is 0 Å². The molecular formula is C9H19NO. The fourth-order valence-electron chi connectivity index (χ4n) is 1.73. The lowest BCUT2D eigenvalue weighted by molar-refractivity contribution is 0.0496. The molecule has 11 heavy (non-hydrogen) atoms. The molecule has 0 aliphatic carbocycles. The van der Waals surface area contributed by atoms with E-state index in [0.29, 0.717) is 11.8 Å². The summed E-state index contributed by atoms with van der Waals surface area (Å²) >= 11 is 0. The lowest BCUT2D eigenvalue weighted by atomic mass is 9.86. The van der Waals surface area contributed by atoms with Crippen molar-refractivity contribution in [3.05, 3.63) is 0 Å². The van der Waals surface area contributed by atoms with Gasteiger partial charge < -0.3 is 10.4 Å². The Morgan fingerprint density at radius 3 is 2.27 bits per heavy atom. The van der Waals surface area contributed by atoms with Crippen molar-refractivity contribution in [3.63, 3.8) is 0 Å². The molecule has 2 N–H and O–H groups in total. The molecule has 0 radical (unpaired) electrons. The largest absolute Gasteiger partial charge is 0.393 e. The van der Waals surface area contributed by atoms with E-state index in [0.717, 1.165) is 25.9 Å². The zero-order valence-corrected chi connectivity index (χ0v) is 7.51. The normalized spacial score (nSPS) is 24.0. The average Bonchev–Trinajstić information content (AvgIpc) is 2.05. The van der Waals surface area contributed by atoms with Gasteiger partial charge in [-0.3, -0.25) is 0 Å². The van der Waals surface area contributed by atoms with Gasteiger partial charge in [0.05, 0.1) is 6.10 Å². The summed E-state index contributed by atoms with van der Waals surface area (Å²) in [6, 6.07) is 0. The van der Waals surface area contributed by atoms with Crippen molar-refractivity contribution in [3.8, 4) is 0 Å². The summed E-state index contributed by atoms with van der Waals surface area (Å²) in [5, 5.41) is 13.0. The molecule has 0 bridgehead atoms. The molecule has 0 spiro atoms. The molecular weight excluding hydrogens is 138 g/mol. The van der Waals surface area contributed by atoms with Crippen LogP contribution < -0.4 is 5.32 Å². The van der Waals surface area contributed by atoms with Crippen molar-refractivity contribution in [2.75, 3.05) is 13.1 Å². The number of nitrogens with one attached hydrogen (secondary N) is 1. The molecule has 0 amide bonds. The van der Waals surface area contributed by atoms with Crippen molar-refractivity contribution in [2.45, 2.75) is 32.8 Å². The first-order valence-electron chi connectivity index (χ1n) is 4.60. The fraction of sp³-hybridized carbons (Fsp3) is 1.00. The minimum absolute atomic E-state index is 0.0860. The lowest BCUT2D eigenvalue weighted by Crippen LogP contribution is -2.36. The van der Waals surface area contributed by atoms with Crippen LogP contribution in [0.2, 0.25) is 0 Å². The molecule has 1 aliphatic heterocycles. The molecule has 1 rings (SSSR count). The first kappa shape index (κ1) is 9.01. The number of piperidine rings is 1. The van der Waals surface area contributed by atoms with Crippen LogP contribution in [-0.4, -0.2) is 24.3 Å². The smallest absolute Gasteiger partial charge is 0.0592 e. The quantitative estimate of drug-likeness (QED) is 0.627. The zero-order chi connectivity index (χ0) is 8.27. The topological polar surface area (TPSA) is 32.3 Å². The minimum Gasteiger partial charge on any atom is -0.393 e. The molecule has 0 aromatic carbocycles. The Labute approximate surface area is 69.0 Å². The number of aliphatic hydroxyl groups excluding tert-OH is 1.